The van der Waals surface area contributed by atoms with E-state index >= 15 is 0 Å². The molecular weight excluding hydrogens is 832 g/mol. The number of ether oxygens (including phenoxy) is 3. The summed E-state index contributed by atoms with van der Waals surface area (Å²) in [5.74, 6) is -1.67. The van der Waals surface area contributed by atoms with E-state index < -0.39 is 64.4 Å². The molecule has 0 rings (SSSR count). The Kier molecular flexibility index (Phi) is 43.4. The largest absolute Gasteiger partial charge is 0.472 e. The van der Waals surface area contributed by atoms with E-state index in [4.69, 9.17) is 23.3 Å². The van der Waals surface area contributed by atoms with Crippen molar-refractivity contribution in [2.45, 2.75) is 187 Å². The molecule has 364 valence electrons. The van der Waals surface area contributed by atoms with Gasteiger partial charge >= 0.3 is 25.7 Å². The lowest BCUT2D eigenvalue weighted by atomic mass is 10.1. The van der Waals surface area contributed by atoms with Crippen molar-refractivity contribution in [3.63, 3.8) is 0 Å². The summed E-state index contributed by atoms with van der Waals surface area (Å²) in [6.45, 7) is 4.20. The highest BCUT2D eigenvalue weighted by Crippen LogP contribution is 2.43. The smallest absolute Gasteiger partial charge is 0.462 e. The van der Waals surface area contributed by atoms with Crippen molar-refractivity contribution in [2.75, 3.05) is 26.4 Å². The first-order valence-corrected chi connectivity index (χ1v) is 25.6. The third kappa shape index (κ3) is 43.6. The Balaban J connectivity index is 4.95. The zero-order chi connectivity index (χ0) is 47.0. The maximum Gasteiger partial charge on any atom is 0.472 e. The minimum atomic E-state index is -4.77. The van der Waals surface area contributed by atoms with Crippen molar-refractivity contribution in [3.8, 4) is 0 Å². The SMILES string of the molecule is CC/C=C\C/C=C\C/C=C\C/C=C\C/C=C\CC(=O)OC(COC(=O)CCCCC/C=C\C/C=C\C/C=C\CC)COP(=O)(O)OCC(CO)OC(=O)CCCCCCCCCCC. The third-order valence-corrected chi connectivity index (χ3v) is 10.5. The van der Waals surface area contributed by atoms with Crippen molar-refractivity contribution in [2.24, 2.45) is 0 Å². The Morgan fingerprint density at radius 3 is 1.38 bits per heavy atom. The fourth-order valence-corrected chi connectivity index (χ4v) is 6.70. The van der Waals surface area contributed by atoms with Crippen molar-refractivity contribution < 1.29 is 52.2 Å². The van der Waals surface area contributed by atoms with Gasteiger partial charge in [-0.2, -0.15) is 0 Å². The zero-order valence-corrected chi connectivity index (χ0v) is 40.6. The van der Waals surface area contributed by atoms with E-state index in [1.54, 1.807) is 6.08 Å². The predicted molar refractivity (Wildman–Crippen MR) is 260 cm³/mol. The average molecular weight is 917 g/mol. The number of rotatable bonds is 43. The molecule has 2 N–H and O–H groups in total. The summed E-state index contributed by atoms with van der Waals surface area (Å²) in [7, 11) is -4.77. The van der Waals surface area contributed by atoms with Gasteiger partial charge in [-0.3, -0.25) is 23.4 Å². The van der Waals surface area contributed by atoms with Crippen LogP contribution in [-0.2, 0) is 42.2 Å². The Morgan fingerprint density at radius 1 is 0.469 bits per heavy atom. The molecular formula is C52H85O11P. The summed E-state index contributed by atoms with van der Waals surface area (Å²) in [6.07, 6.45) is 51.4. The van der Waals surface area contributed by atoms with Gasteiger partial charge < -0.3 is 24.2 Å². The fourth-order valence-electron chi connectivity index (χ4n) is 5.91. The highest BCUT2D eigenvalue weighted by atomic mass is 31.2. The number of carbonyl (C=O) groups is 3. The van der Waals surface area contributed by atoms with Crippen LogP contribution < -0.4 is 0 Å². The first kappa shape index (κ1) is 60.4. The van der Waals surface area contributed by atoms with Crippen LogP contribution in [0.2, 0.25) is 0 Å². The zero-order valence-electron chi connectivity index (χ0n) is 39.7. The van der Waals surface area contributed by atoms with Crippen LogP contribution in [0.25, 0.3) is 0 Å². The molecule has 12 heteroatoms. The van der Waals surface area contributed by atoms with Gasteiger partial charge in [-0.1, -0.05) is 176 Å². The molecule has 3 unspecified atom stereocenters. The number of esters is 3. The molecule has 0 saturated heterocycles. The monoisotopic (exact) mass is 917 g/mol. The first-order valence-electron chi connectivity index (χ1n) is 24.1. The lowest BCUT2D eigenvalue weighted by molar-refractivity contribution is -0.160. The quantitative estimate of drug-likeness (QED) is 0.0197. The van der Waals surface area contributed by atoms with Gasteiger partial charge in [0.1, 0.15) is 12.7 Å². The van der Waals surface area contributed by atoms with Crippen LogP contribution in [0.1, 0.15) is 175 Å². The number of carbonyl (C=O) groups excluding carboxylic acids is 3. The molecule has 0 spiro atoms. The number of hydrogen-bond donors (Lipinski definition) is 2. The standard InChI is InChI=1S/C52H85O11P/c1-4-7-10-13-16-19-21-23-24-26-28-31-34-37-40-43-52(56)63-49(45-59-50(54)41-38-35-32-30-27-25-22-20-17-14-11-8-5-2)47-61-64(57,58)60-46-48(44-53)62-51(55)42-39-36-33-29-18-15-12-9-6-3/h7-8,10-11,16-17,19-20,23-25,27-28,31,37,40,48-49,53H,4-6,9,12-15,18,21-22,26,29-30,32-36,38-39,41-47H2,1-3H3,(H,57,58)/b10-7-,11-8-,19-16-,20-17-,24-23-,27-25-,31-28-,40-37-. The Labute approximate surface area is 387 Å². The van der Waals surface area contributed by atoms with Crippen molar-refractivity contribution in [3.05, 3.63) is 97.2 Å². The molecule has 3 atom stereocenters. The van der Waals surface area contributed by atoms with Gasteiger partial charge in [-0.15, -0.1) is 0 Å². The fraction of sp³-hybridized carbons (Fsp3) is 0.635. The number of phosphoric acid groups is 1. The molecule has 0 aromatic rings. The van der Waals surface area contributed by atoms with Crippen LogP contribution in [0.4, 0.5) is 0 Å². The molecule has 0 aromatic heterocycles. The van der Waals surface area contributed by atoms with Gasteiger partial charge in [-0.05, 0) is 77.0 Å². The Bertz CT molecular complexity index is 1440. The van der Waals surface area contributed by atoms with Gasteiger partial charge in [0.05, 0.1) is 26.2 Å². The second-order valence-corrected chi connectivity index (χ2v) is 17.0. The number of aliphatic hydroxyl groups is 1. The van der Waals surface area contributed by atoms with E-state index in [0.29, 0.717) is 19.3 Å². The Hall–Kier alpha value is -3.60. The molecule has 0 fully saturated rings. The third-order valence-electron chi connectivity index (χ3n) is 9.54. The topological polar surface area (TPSA) is 155 Å². The summed E-state index contributed by atoms with van der Waals surface area (Å²) < 4.78 is 39.0. The highest BCUT2D eigenvalue weighted by Gasteiger charge is 2.28. The minimum absolute atomic E-state index is 0.0745. The van der Waals surface area contributed by atoms with Crippen LogP contribution in [-0.4, -0.2) is 66.5 Å². The first-order chi connectivity index (χ1) is 31.2. The summed E-state index contributed by atoms with van der Waals surface area (Å²) in [4.78, 5) is 48.0. The van der Waals surface area contributed by atoms with E-state index in [9.17, 15) is 28.9 Å². The normalized spacial score (nSPS) is 14.4. The van der Waals surface area contributed by atoms with E-state index in [1.807, 2.05) is 18.2 Å². The lowest BCUT2D eigenvalue weighted by Crippen LogP contribution is -2.30. The molecule has 0 bridgehead atoms. The molecule has 11 nitrogen and oxygen atoms in total. The number of allylic oxidation sites excluding steroid dienone is 15. The van der Waals surface area contributed by atoms with Gasteiger partial charge in [0, 0.05) is 12.8 Å². The second-order valence-electron chi connectivity index (χ2n) is 15.5. The molecule has 0 heterocycles. The maximum atomic E-state index is 12.8. The van der Waals surface area contributed by atoms with Crippen LogP contribution in [0, 0.1) is 0 Å². The maximum absolute atomic E-state index is 12.8. The highest BCUT2D eigenvalue weighted by molar-refractivity contribution is 7.47. The van der Waals surface area contributed by atoms with E-state index in [2.05, 4.69) is 93.7 Å². The molecule has 0 saturated carbocycles. The van der Waals surface area contributed by atoms with Gasteiger partial charge in [0.2, 0.25) is 0 Å². The van der Waals surface area contributed by atoms with Crippen LogP contribution >= 0.6 is 7.82 Å². The predicted octanol–water partition coefficient (Wildman–Crippen LogP) is 13.4. The number of hydrogen-bond acceptors (Lipinski definition) is 10. The van der Waals surface area contributed by atoms with E-state index in [-0.39, 0.29) is 19.3 Å². The average Bonchev–Trinajstić information content (AvgIpc) is 3.28. The number of aliphatic hydroxyl groups excluding tert-OH is 1. The summed E-state index contributed by atoms with van der Waals surface area (Å²) in [5, 5.41) is 9.72. The van der Waals surface area contributed by atoms with Crippen molar-refractivity contribution >= 4 is 25.7 Å². The van der Waals surface area contributed by atoms with Gasteiger partial charge in [0.15, 0.2) is 6.10 Å². The van der Waals surface area contributed by atoms with Gasteiger partial charge in [0.25, 0.3) is 0 Å². The lowest BCUT2D eigenvalue weighted by Gasteiger charge is -2.21. The molecule has 64 heavy (non-hydrogen) atoms. The molecule has 0 radical (unpaired) electrons. The van der Waals surface area contributed by atoms with Crippen LogP contribution in [0.15, 0.2) is 97.2 Å². The van der Waals surface area contributed by atoms with Gasteiger partial charge in [-0.25, -0.2) is 4.57 Å². The second kappa shape index (κ2) is 45.9. The molecule has 0 aliphatic carbocycles. The van der Waals surface area contributed by atoms with E-state index in [1.165, 1.54) is 32.1 Å². The minimum Gasteiger partial charge on any atom is -0.462 e. The summed E-state index contributed by atoms with van der Waals surface area (Å²) >= 11 is 0. The molecule has 0 amide bonds. The molecule has 0 aliphatic heterocycles. The van der Waals surface area contributed by atoms with Crippen LogP contribution in [0.5, 0.6) is 0 Å². The summed E-state index contributed by atoms with van der Waals surface area (Å²) in [5.41, 5.74) is 0. The van der Waals surface area contributed by atoms with Crippen molar-refractivity contribution in [1.29, 1.82) is 0 Å². The van der Waals surface area contributed by atoms with Crippen molar-refractivity contribution in [1.82, 2.24) is 0 Å². The number of phosphoric ester groups is 1. The summed E-state index contributed by atoms with van der Waals surface area (Å²) in [6, 6.07) is 0. The van der Waals surface area contributed by atoms with Crippen LogP contribution in [0.3, 0.4) is 0 Å². The van der Waals surface area contributed by atoms with E-state index in [0.717, 1.165) is 83.5 Å². The number of unbranched alkanes of at least 4 members (excludes halogenated alkanes) is 11. The molecule has 0 aromatic carbocycles. The molecule has 0 aliphatic rings. The Morgan fingerprint density at radius 2 is 0.875 bits per heavy atom.